The highest BCUT2D eigenvalue weighted by atomic mass is 16.6. The molecule has 0 unspecified atom stereocenters. The highest BCUT2D eigenvalue weighted by Crippen LogP contribution is 1.90. The van der Waals surface area contributed by atoms with Crippen LogP contribution in [0.15, 0.2) is 25.3 Å². The second-order valence-electron chi connectivity index (χ2n) is 2.71. The quantitative estimate of drug-likeness (QED) is 0.265. The molecule has 6 nitrogen and oxygen atoms in total. The Morgan fingerprint density at radius 3 is 1.82 bits per heavy atom. The number of carbonyl (C=O) groups is 3. The molecule has 94 valence electrons. The fraction of sp³-hybridized carbons (Fsp3) is 0.364. The van der Waals surface area contributed by atoms with Gasteiger partial charge < -0.3 is 14.2 Å². The van der Waals surface area contributed by atoms with Crippen molar-refractivity contribution in [3.8, 4) is 0 Å². The standard InChI is InChI=1S/C11H14O6/c1-3-9(12)15-6-5-11(14)17-8-7-16-10(13)4-2/h3-4H,1-2,5-8H2. The van der Waals surface area contributed by atoms with Crippen LogP contribution in [0, 0.1) is 0 Å². The van der Waals surface area contributed by atoms with Crippen LogP contribution in [0.3, 0.4) is 0 Å². The first kappa shape index (κ1) is 14.9. The van der Waals surface area contributed by atoms with Gasteiger partial charge >= 0.3 is 17.9 Å². The van der Waals surface area contributed by atoms with Gasteiger partial charge in [-0.05, 0) is 0 Å². The molecule has 17 heavy (non-hydrogen) atoms. The maximum Gasteiger partial charge on any atom is 0.330 e. The molecule has 0 aromatic carbocycles. The SMILES string of the molecule is C=CC(=O)OCCOC(=O)CCOC(=O)C=C. The number of carbonyl (C=O) groups excluding carboxylic acids is 3. The third-order valence-electron chi connectivity index (χ3n) is 1.47. The Morgan fingerprint density at radius 2 is 1.29 bits per heavy atom. The number of hydrogen-bond acceptors (Lipinski definition) is 6. The molecule has 0 radical (unpaired) electrons. The molecule has 0 saturated carbocycles. The van der Waals surface area contributed by atoms with Crippen molar-refractivity contribution in [3.05, 3.63) is 25.3 Å². The smallest absolute Gasteiger partial charge is 0.330 e. The van der Waals surface area contributed by atoms with Crippen LogP contribution in [0.2, 0.25) is 0 Å². The van der Waals surface area contributed by atoms with Gasteiger partial charge in [-0.15, -0.1) is 0 Å². The minimum atomic E-state index is -0.599. The zero-order chi connectivity index (χ0) is 13.1. The van der Waals surface area contributed by atoms with E-state index in [9.17, 15) is 14.4 Å². The van der Waals surface area contributed by atoms with Gasteiger partial charge in [-0.1, -0.05) is 13.2 Å². The first-order chi connectivity index (χ1) is 8.10. The number of rotatable bonds is 8. The molecular weight excluding hydrogens is 228 g/mol. The normalized spacial score (nSPS) is 8.94. The first-order valence-electron chi connectivity index (χ1n) is 4.84. The van der Waals surface area contributed by atoms with Crippen LogP contribution in [0.4, 0.5) is 0 Å². The van der Waals surface area contributed by atoms with E-state index < -0.39 is 17.9 Å². The van der Waals surface area contributed by atoms with Gasteiger partial charge in [0.1, 0.15) is 19.8 Å². The molecule has 0 fully saturated rings. The highest BCUT2D eigenvalue weighted by Gasteiger charge is 2.05. The van der Waals surface area contributed by atoms with Gasteiger partial charge in [0.25, 0.3) is 0 Å². The van der Waals surface area contributed by atoms with E-state index in [4.69, 9.17) is 0 Å². The molecule has 0 aromatic rings. The molecule has 0 spiro atoms. The predicted octanol–water partition coefficient (Wildman–Crippen LogP) is 0.378. The summed E-state index contributed by atoms with van der Waals surface area (Å²) >= 11 is 0. The fourth-order valence-corrected chi connectivity index (χ4v) is 0.723. The van der Waals surface area contributed by atoms with Crippen LogP contribution in [-0.2, 0) is 28.6 Å². The van der Waals surface area contributed by atoms with E-state index in [-0.39, 0.29) is 26.2 Å². The van der Waals surface area contributed by atoms with Gasteiger partial charge in [0.05, 0.1) is 6.42 Å². The predicted molar refractivity (Wildman–Crippen MR) is 57.9 cm³/mol. The summed E-state index contributed by atoms with van der Waals surface area (Å²) in [7, 11) is 0. The van der Waals surface area contributed by atoms with E-state index in [1.165, 1.54) is 0 Å². The van der Waals surface area contributed by atoms with Crippen LogP contribution in [-0.4, -0.2) is 37.7 Å². The van der Waals surface area contributed by atoms with Gasteiger partial charge in [-0.3, -0.25) is 4.79 Å². The molecule has 0 heterocycles. The molecule has 0 aromatic heterocycles. The molecule has 6 heteroatoms. The first-order valence-corrected chi connectivity index (χ1v) is 4.84. The summed E-state index contributed by atoms with van der Waals surface area (Å²) in [6.07, 6.45) is 1.95. The van der Waals surface area contributed by atoms with Crippen molar-refractivity contribution in [2.75, 3.05) is 19.8 Å². The van der Waals surface area contributed by atoms with Gasteiger partial charge in [0, 0.05) is 12.2 Å². The van der Waals surface area contributed by atoms with E-state index in [1.54, 1.807) is 0 Å². The van der Waals surface area contributed by atoms with E-state index in [1.807, 2.05) is 0 Å². The van der Waals surface area contributed by atoms with E-state index in [2.05, 4.69) is 27.4 Å². The van der Waals surface area contributed by atoms with Crippen molar-refractivity contribution in [3.63, 3.8) is 0 Å². The van der Waals surface area contributed by atoms with Gasteiger partial charge in [0.15, 0.2) is 0 Å². The topological polar surface area (TPSA) is 78.9 Å². The average molecular weight is 242 g/mol. The molecule has 0 amide bonds. The monoisotopic (exact) mass is 242 g/mol. The summed E-state index contributed by atoms with van der Waals surface area (Å²) in [6, 6.07) is 0. The van der Waals surface area contributed by atoms with Crippen molar-refractivity contribution in [1.29, 1.82) is 0 Å². The zero-order valence-electron chi connectivity index (χ0n) is 9.35. The molecule has 0 N–H and O–H groups in total. The maximum atomic E-state index is 11.0. The Balaban J connectivity index is 3.47. The third-order valence-corrected chi connectivity index (χ3v) is 1.47. The molecule has 0 bridgehead atoms. The lowest BCUT2D eigenvalue weighted by Gasteiger charge is -2.05. The van der Waals surface area contributed by atoms with Crippen molar-refractivity contribution in [1.82, 2.24) is 0 Å². The summed E-state index contributed by atoms with van der Waals surface area (Å²) in [5, 5.41) is 0. The van der Waals surface area contributed by atoms with Crippen molar-refractivity contribution < 1.29 is 28.6 Å². The summed E-state index contributed by atoms with van der Waals surface area (Å²) in [5.74, 6) is -1.73. The summed E-state index contributed by atoms with van der Waals surface area (Å²) in [4.78, 5) is 32.2. The van der Waals surface area contributed by atoms with Crippen LogP contribution in [0.5, 0.6) is 0 Å². The molecule has 0 rings (SSSR count). The van der Waals surface area contributed by atoms with Gasteiger partial charge in [-0.25, -0.2) is 9.59 Å². The number of esters is 3. The Hall–Kier alpha value is -2.11. The van der Waals surface area contributed by atoms with Crippen LogP contribution in [0.25, 0.3) is 0 Å². The molecule has 0 atom stereocenters. The summed E-state index contributed by atoms with van der Waals surface area (Å²) in [6.45, 7) is 6.24. The lowest BCUT2D eigenvalue weighted by molar-refractivity contribution is -0.151. The third kappa shape index (κ3) is 8.86. The zero-order valence-corrected chi connectivity index (χ0v) is 9.35. The van der Waals surface area contributed by atoms with Gasteiger partial charge in [0.2, 0.25) is 0 Å². The lowest BCUT2D eigenvalue weighted by Crippen LogP contribution is -2.14. The van der Waals surface area contributed by atoms with E-state index >= 15 is 0 Å². The minimum Gasteiger partial charge on any atom is -0.462 e. The number of ether oxygens (including phenoxy) is 3. The van der Waals surface area contributed by atoms with E-state index in [0.29, 0.717) is 0 Å². The van der Waals surface area contributed by atoms with Crippen LogP contribution < -0.4 is 0 Å². The summed E-state index contributed by atoms with van der Waals surface area (Å²) in [5.41, 5.74) is 0. The Labute approximate surface area is 98.8 Å². The van der Waals surface area contributed by atoms with Crippen molar-refractivity contribution in [2.45, 2.75) is 6.42 Å². The van der Waals surface area contributed by atoms with Crippen LogP contribution in [0.1, 0.15) is 6.42 Å². The summed E-state index contributed by atoms with van der Waals surface area (Å²) < 4.78 is 13.8. The largest absolute Gasteiger partial charge is 0.462 e. The number of hydrogen-bond donors (Lipinski definition) is 0. The fourth-order valence-electron chi connectivity index (χ4n) is 0.723. The average Bonchev–Trinajstić information content (AvgIpc) is 2.33. The molecule has 0 aliphatic heterocycles. The second-order valence-corrected chi connectivity index (χ2v) is 2.71. The minimum absolute atomic E-state index is 0.0387. The molecule has 0 aliphatic carbocycles. The highest BCUT2D eigenvalue weighted by molar-refractivity contribution is 5.81. The lowest BCUT2D eigenvalue weighted by atomic mass is 10.4. The van der Waals surface area contributed by atoms with E-state index in [0.717, 1.165) is 12.2 Å². The molecule has 0 aliphatic rings. The Kier molecular flexibility index (Phi) is 8.01. The second kappa shape index (κ2) is 9.14. The Morgan fingerprint density at radius 1 is 0.824 bits per heavy atom. The van der Waals surface area contributed by atoms with Crippen molar-refractivity contribution in [2.24, 2.45) is 0 Å². The Bertz CT molecular complexity index is 307. The molecule has 0 saturated heterocycles. The van der Waals surface area contributed by atoms with Crippen LogP contribution >= 0.6 is 0 Å². The van der Waals surface area contributed by atoms with Gasteiger partial charge in [-0.2, -0.15) is 0 Å². The molecular formula is C11H14O6. The maximum absolute atomic E-state index is 11.0. The van der Waals surface area contributed by atoms with Crippen molar-refractivity contribution >= 4 is 17.9 Å².